The molecule has 2 fully saturated rings. The minimum absolute atomic E-state index is 0.0231. The fourth-order valence-electron chi connectivity index (χ4n) is 2.56. The van der Waals surface area contributed by atoms with E-state index in [9.17, 15) is 4.39 Å². The highest BCUT2D eigenvalue weighted by Gasteiger charge is 2.38. The van der Waals surface area contributed by atoms with E-state index in [1.165, 1.54) is 18.9 Å². The molecule has 17 heavy (non-hydrogen) atoms. The van der Waals surface area contributed by atoms with Gasteiger partial charge in [0.2, 0.25) is 0 Å². The van der Waals surface area contributed by atoms with Gasteiger partial charge < -0.3 is 10.1 Å². The molecular formula is C14H18FNO. The predicted molar refractivity (Wildman–Crippen MR) is 64.2 cm³/mol. The lowest BCUT2D eigenvalue weighted by atomic mass is 10.00. The van der Waals surface area contributed by atoms with Crippen LogP contribution in [0.2, 0.25) is 0 Å². The van der Waals surface area contributed by atoms with E-state index in [-0.39, 0.29) is 18.0 Å². The second kappa shape index (κ2) is 4.39. The first-order chi connectivity index (χ1) is 8.24. The Morgan fingerprint density at radius 3 is 2.88 bits per heavy atom. The molecule has 1 saturated carbocycles. The third-order valence-electron chi connectivity index (χ3n) is 3.74. The van der Waals surface area contributed by atoms with Gasteiger partial charge in [0.25, 0.3) is 0 Å². The summed E-state index contributed by atoms with van der Waals surface area (Å²) in [5.74, 6) is 0.526. The van der Waals surface area contributed by atoms with Gasteiger partial charge in [-0.25, -0.2) is 4.39 Å². The Labute approximate surface area is 101 Å². The normalized spacial score (nSPS) is 33.6. The van der Waals surface area contributed by atoms with Gasteiger partial charge in [-0.15, -0.1) is 0 Å². The van der Waals surface area contributed by atoms with E-state index in [2.05, 4.69) is 12.2 Å². The fraction of sp³-hybridized carbons (Fsp3) is 0.571. The van der Waals surface area contributed by atoms with Gasteiger partial charge in [0.15, 0.2) is 0 Å². The van der Waals surface area contributed by atoms with Crippen LogP contribution >= 0.6 is 0 Å². The zero-order valence-corrected chi connectivity index (χ0v) is 10.0. The van der Waals surface area contributed by atoms with Crippen molar-refractivity contribution in [2.75, 3.05) is 6.54 Å². The van der Waals surface area contributed by atoms with Gasteiger partial charge in [0, 0.05) is 12.6 Å². The summed E-state index contributed by atoms with van der Waals surface area (Å²) in [5, 5.41) is 3.47. The molecule has 1 aliphatic carbocycles. The van der Waals surface area contributed by atoms with Gasteiger partial charge in [-0.05, 0) is 43.4 Å². The molecule has 1 aromatic rings. The van der Waals surface area contributed by atoms with E-state index in [1.54, 1.807) is 12.1 Å². The lowest BCUT2D eigenvalue weighted by molar-refractivity contribution is -0.0708. The average Bonchev–Trinajstić information content (AvgIpc) is 3.14. The molecule has 0 spiro atoms. The van der Waals surface area contributed by atoms with Crippen LogP contribution in [0.5, 0.6) is 0 Å². The van der Waals surface area contributed by atoms with E-state index in [0.29, 0.717) is 12.0 Å². The van der Waals surface area contributed by atoms with Gasteiger partial charge in [-0.2, -0.15) is 0 Å². The third kappa shape index (κ3) is 2.35. The number of morpholine rings is 1. The van der Waals surface area contributed by atoms with Crippen molar-refractivity contribution in [2.24, 2.45) is 5.92 Å². The van der Waals surface area contributed by atoms with Crippen LogP contribution in [0, 0.1) is 11.7 Å². The fourth-order valence-corrected chi connectivity index (χ4v) is 2.56. The number of ether oxygens (including phenoxy) is 1. The molecule has 0 amide bonds. The van der Waals surface area contributed by atoms with Crippen LogP contribution in [0.4, 0.5) is 4.39 Å². The van der Waals surface area contributed by atoms with Crippen LogP contribution in [0.1, 0.15) is 31.4 Å². The highest BCUT2D eigenvalue weighted by Crippen LogP contribution is 2.39. The molecule has 3 heteroatoms. The summed E-state index contributed by atoms with van der Waals surface area (Å²) in [7, 11) is 0. The van der Waals surface area contributed by atoms with Crippen LogP contribution in [0.15, 0.2) is 24.3 Å². The standard InChI is InChI=1S/C14H18FNO/c1-9-14(11-3-2-4-12(15)7-11)17-13(8-16-9)10-5-6-10/h2-4,7,9-10,13-14,16H,5-6,8H2,1H3. The molecule has 3 unspecified atom stereocenters. The van der Waals surface area contributed by atoms with Crippen molar-refractivity contribution in [3.63, 3.8) is 0 Å². The maximum absolute atomic E-state index is 13.2. The second-order valence-corrected chi connectivity index (χ2v) is 5.18. The molecular weight excluding hydrogens is 217 g/mol. The van der Waals surface area contributed by atoms with Gasteiger partial charge in [-0.1, -0.05) is 12.1 Å². The van der Waals surface area contributed by atoms with Gasteiger partial charge >= 0.3 is 0 Å². The quantitative estimate of drug-likeness (QED) is 0.851. The smallest absolute Gasteiger partial charge is 0.123 e. The van der Waals surface area contributed by atoms with Crippen molar-refractivity contribution in [1.29, 1.82) is 0 Å². The number of benzene rings is 1. The number of halogens is 1. The molecule has 1 aliphatic heterocycles. The Kier molecular flexibility index (Phi) is 2.89. The third-order valence-corrected chi connectivity index (χ3v) is 3.74. The summed E-state index contributed by atoms with van der Waals surface area (Å²) in [6, 6.07) is 7.00. The first kappa shape index (κ1) is 11.2. The lowest BCUT2D eigenvalue weighted by Crippen LogP contribution is -2.47. The summed E-state index contributed by atoms with van der Waals surface area (Å²) in [6.07, 6.45) is 2.83. The maximum Gasteiger partial charge on any atom is 0.123 e. The summed E-state index contributed by atoms with van der Waals surface area (Å²) in [6.45, 7) is 3.02. The molecule has 3 rings (SSSR count). The van der Waals surface area contributed by atoms with Gasteiger partial charge in [0.05, 0.1) is 12.2 Å². The van der Waals surface area contributed by atoms with Gasteiger partial charge in [-0.3, -0.25) is 0 Å². The Balaban J connectivity index is 1.79. The molecule has 92 valence electrons. The largest absolute Gasteiger partial charge is 0.367 e. The van der Waals surface area contributed by atoms with Crippen molar-refractivity contribution in [2.45, 2.75) is 38.0 Å². The molecule has 2 nitrogen and oxygen atoms in total. The second-order valence-electron chi connectivity index (χ2n) is 5.18. The zero-order valence-electron chi connectivity index (χ0n) is 10.0. The molecule has 1 N–H and O–H groups in total. The average molecular weight is 235 g/mol. The molecule has 0 radical (unpaired) electrons. The van der Waals surface area contributed by atoms with E-state index in [4.69, 9.17) is 4.74 Å². The summed E-state index contributed by atoms with van der Waals surface area (Å²) >= 11 is 0. The van der Waals surface area contributed by atoms with E-state index in [1.807, 2.05) is 6.07 Å². The topological polar surface area (TPSA) is 21.3 Å². The van der Waals surface area contributed by atoms with Crippen LogP contribution in [-0.2, 0) is 4.74 Å². The van der Waals surface area contributed by atoms with E-state index in [0.717, 1.165) is 12.1 Å². The summed E-state index contributed by atoms with van der Waals surface area (Å²) in [4.78, 5) is 0. The van der Waals surface area contributed by atoms with Crippen molar-refractivity contribution in [3.05, 3.63) is 35.6 Å². The van der Waals surface area contributed by atoms with Crippen molar-refractivity contribution in [1.82, 2.24) is 5.32 Å². The van der Waals surface area contributed by atoms with E-state index >= 15 is 0 Å². The van der Waals surface area contributed by atoms with E-state index < -0.39 is 0 Å². The van der Waals surface area contributed by atoms with Crippen LogP contribution < -0.4 is 5.32 Å². The molecule has 1 aromatic carbocycles. The molecule has 2 aliphatic rings. The molecule has 1 heterocycles. The Morgan fingerprint density at radius 2 is 2.18 bits per heavy atom. The highest BCUT2D eigenvalue weighted by atomic mass is 19.1. The Hall–Kier alpha value is -0.930. The van der Waals surface area contributed by atoms with Crippen LogP contribution in [0.3, 0.4) is 0 Å². The minimum Gasteiger partial charge on any atom is -0.367 e. The highest BCUT2D eigenvalue weighted by molar-refractivity contribution is 5.21. The Morgan fingerprint density at radius 1 is 1.35 bits per heavy atom. The summed E-state index contributed by atoms with van der Waals surface area (Å²) in [5.41, 5.74) is 0.940. The number of rotatable bonds is 2. The van der Waals surface area contributed by atoms with Crippen molar-refractivity contribution >= 4 is 0 Å². The predicted octanol–water partition coefficient (Wildman–Crippen LogP) is 2.65. The molecule has 1 saturated heterocycles. The molecule has 0 aromatic heterocycles. The summed E-state index contributed by atoms with van der Waals surface area (Å²) < 4.78 is 19.4. The first-order valence-electron chi connectivity index (χ1n) is 6.38. The monoisotopic (exact) mass is 235 g/mol. The number of nitrogens with one attached hydrogen (secondary N) is 1. The molecule has 0 bridgehead atoms. The number of hydrogen-bond donors (Lipinski definition) is 1. The van der Waals surface area contributed by atoms with Crippen LogP contribution in [0.25, 0.3) is 0 Å². The zero-order chi connectivity index (χ0) is 11.8. The lowest BCUT2D eigenvalue weighted by Gasteiger charge is -2.36. The maximum atomic E-state index is 13.2. The van der Waals surface area contributed by atoms with Crippen LogP contribution in [-0.4, -0.2) is 18.7 Å². The van der Waals surface area contributed by atoms with Gasteiger partial charge in [0.1, 0.15) is 5.82 Å². The SMILES string of the molecule is CC1NCC(C2CC2)OC1c1cccc(F)c1. The Bertz CT molecular complexity index is 405. The van der Waals surface area contributed by atoms with Crippen molar-refractivity contribution < 1.29 is 9.13 Å². The first-order valence-corrected chi connectivity index (χ1v) is 6.38. The molecule has 3 atom stereocenters. The number of hydrogen-bond acceptors (Lipinski definition) is 2. The van der Waals surface area contributed by atoms with Crippen molar-refractivity contribution in [3.8, 4) is 0 Å². The minimum atomic E-state index is -0.188.